The predicted molar refractivity (Wildman–Crippen MR) is 189 cm³/mol. The van der Waals surface area contributed by atoms with Gasteiger partial charge in [0.1, 0.15) is 18.6 Å². The minimum atomic E-state index is -0.580. The van der Waals surface area contributed by atoms with Gasteiger partial charge in [-0.3, -0.25) is 0 Å². The van der Waals surface area contributed by atoms with Gasteiger partial charge in [0.05, 0.1) is 13.7 Å². The number of piperidine rings is 1. The van der Waals surface area contributed by atoms with Gasteiger partial charge in [0.25, 0.3) is 0 Å². The van der Waals surface area contributed by atoms with Gasteiger partial charge < -0.3 is 19.2 Å². The molecular weight excluding hydrogens is 610 g/mol. The van der Waals surface area contributed by atoms with Crippen LogP contribution in [-0.4, -0.2) is 62.1 Å². The number of para-hydroxylation sites is 1. The largest absolute Gasteiger partial charge is 0.496 e. The minimum Gasteiger partial charge on any atom is -0.496 e. The quantitative estimate of drug-likeness (QED) is 0.106. The molecule has 4 aromatic rings. The molecular formula is C39H46ClN3O4. The highest BCUT2D eigenvalue weighted by atomic mass is 35.5. The van der Waals surface area contributed by atoms with Gasteiger partial charge in [-0.1, -0.05) is 109 Å². The van der Waals surface area contributed by atoms with Crippen molar-refractivity contribution in [2.75, 3.05) is 39.8 Å². The number of methoxy groups -OCH3 is 1. The van der Waals surface area contributed by atoms with Crippen molar-refractivity contribution in [2.45, 2.75) is 43.6 Å². The number of ether oxygens (including phenoxy) is 2. The number of carbonyl (C=O) groups excluding carboxylic acids is 2. The molecule has 1 saturated heterocycles. The summed E-state index contributed by atoms with van der Waals surface area (Å²) in [6.45, 7) is 3.51. The molecule has 1 amide bonds. The maximum atomic E-state index is 13.2. The number of halogens is 1. The summed E-state index contributed by atoms with van der Waals surface area (Å²) in [5.41, 5.74) is 7.39. The van der Waals surface area contributed by atoms with Crippen molar-refractivity contribution in [2.24, 2.45) is 0 Å². The van der Waals surface area contributed by atoms with Crippen LogP contribution >= 0.6 is 12.4 Å². The molecule has 0 radical (unpaired) electrons. The molecule has 8 heteroatoms. The van der Waals surface area contributed by atoms with Crippen LogP contribution in [-0.2, 0) is 21.6 Å². The summed E-state index contributed by atoms with van der Waals surface area (Å²) in [5, 5.41) is 1.29. The zero-order valence-electron chi connectivity index (χ0n) is 27.1. The number of nitrogens with one attached hydrogen (secondary N) is 1. The third kappa shape index (κ3) is 9.44. The van der Waals surface area contributed by atoms with Crippen LogP contribution in [0.5, 0.6) is 5.75 Å². The summed E-state index contributed by atoms with van der Waals surface area (Å²) in [6, 6.07) is 38.9. The van der Waals surface area contributed by atoms with Gasteiger partial charge in [-0.25, -0.2) is 15.2 Å². The van der Waals surface area contributed by atoms with E-state index in [0.29, 0.717) is 12.5 Å². The Morgan fingerprint density at radius 1 is 0.872 bits per heavy atom. The van der Waals surface area contributed by atoms with E-state index in [4.69, 9.17) is 9.47 Å². The SMILES string of the molecule is COc1ccccc1C1CCN(CCCC(CNN(CC=O)C(=O)OCc2ccccc2)(c2ccccc2)c2ccccc2)CC1.Cl. The van der Waals surface area contributed by atoms with Crippen molar-refractivity contribution >= 4 is 24.8 Å². The van der Waals surface area contributed by atoms with Crippen molar-refractivity contribution in [1.82, 2.24) is 15.3 Å². The van der Waals surface area contributed by atoms with Crippen molar-refractivity contribution in [3.63, 3.8) is 0 Å². The second kappa shape index (κ2) is 18.2. The highest BCUT2D eigenvalue weighted by Gasteiger charge is 2.35. The zero-order chi connectivity index (χ0) is 32.0. The van der Waals surface area contributed by atoms with Gasteiger partial charge >= 0.3 is 6.09 Å². The monoisotopic (exact) mass is 655 g/mol. The molecule has 1 fully saturated rings. The molecule has 1 heterocycles. The standard InChI is InChI=1S/C39H45N3O4.ClH/c1-45-37-21-12-11-20-36(37)33-22-26-41(27-23-33)25-13-24-39(34-16-7-3-8-17-34,35-18-9-4-10-19-35)31-40-42(28-29-43)38(44)46-30-32-14-5-2-6-15-32;/h2-12,14-21,29,33,40H,13,22-28,30-31H2,1H3;1H. The van der Waals surface area contributed by atoms with Crippen molar-refractivity contribution < 1.29 is 19.1 Å². The number of hydrazine groups is 1. The summed E-state index contributed by atoms with van der Waals surface area (Å²) in [7, 11) is 1.75. The Balaban J connectivity index is 0.00000500. The molecule has 0 aliphatic carbocycles. The molecule has 0 bridgehead atoms. The van der Waals surface area contributed by atoms with Crippen molar-refractivity contribution in [3.8, 4) is 5.75 Å². The van der Waals surface area contributed by atoms with Crippen LogP contribution in [0.2, 0.25) is 0 Å². The molecule has 1 N–H and O–H groups in total. The van der Waals surface area contributed by atoms with Crippen LogP contribution in [0.1, 0.15) is 53.9 Å². The van der Waals surface area contributed by atoms with Gasteiger partial charge in [-0.15, -0.1) is 12.4 Å². The Bertz CT molecular complexity index is 1460. The van der Waals surface area contributed by atoms with E-state index in [-0.39, 0.29) is 25.6 Å². The van der Waals surface area contributed by atoms with Crippen LogP contribution < -0.4 is 10.2 Å². The normalized spacial score (nSPS) is 13.7. The van der Waals surface area contributed by atoms with E-state index >= 15 is 0 Å². The lowest BCUT2D eigenvalue weighted by atomic mass is 9.71. The highest BCUT2D eigenvalue weighted by Crippen LogP contribution is 2.38. The smallest absolute Gasteiger partial charge is 0.424 e. The maximum Gasteiger partial charge on any atom is 0.424 e. The number of amides is 1. The molecule has 5 rings (SSSR count). The van der Waals surface area contributed by atoms with E-state index in [1.54, 1.807) is 7.11 Å². The van der Waals surface area contributed by atoms with Crippen LogP contribution in [0, 0.1) is 0 Å². The third-order valence-electron chi connectivity index (χ3n) is 9.15. The number of aldehydes is 1. The van der Waals surface area contributed by atoms with E-state index in [1.165, 1.54) is 10.6 Å². The van der Waals surface area contributed by atoms with Crippen LogP contribution in [0.15, 0.2) is 115 Å². The fourth-order valence-electron chi connectivity index (χ4n) is 6.64. The number of hydrogen-bond acceptors (Lipinski definition) is 6. The molecule has 0 aromatic heterocycles. The maximum absolute atomic E-state index is 13.2. The first-order valence-corrected chi connectivity index (χ1v) is 16.2. The zero-order valence-corrected chi connectivity index (χ0v) is 27.9. The second-order valence-electron chi connectivity index (χ2n) is 11.9. The average Bonchev–Trinajstić information content (AvgIpc) is 3.13. The summed E-state index contributed by atoms with van der Waals surface area (Å²) in [5.74, 6) is 1.49. The Labute approximate surface area is 285 Å². The number of nitrogens with zero attached hydrogens (tertiary/aromatic N) is 2. The van der Waals surface area contributed by atoms with E-state index in [0.717, 1.165) is 74.0 Å². The summed E-state index contributed by atoms with van der Waals surface area (Å²) < 4.78 is 11.2. The predicted octanol–water partition coefficient (Wildman–Crippen LogP) is 7.41. The lowest BCUT2D eigenvalue weighted by Gasteiger charge is -2.38. The number of benzene rings is 4. The molecule has 0 spiro atoms. The number of rotatable bonds is 15. The van der Waals surface area contributed by atoms with Gasteiger partial charge in [0.15, 0.2) is 0 Å². The molecule has 1 aliphatic rings. The van der Waals surface area contributed by atoms with Crippen molar-refractivity contribution in [1.29, 1.82) is 0 Å². The minimum absolute atomic E-state index is 0. The Morgan fingerprint density at radius 2 is 1.45 bits per heavy atom. The van der Waals surface area contributed by atoms with Gasteiger partial charge in [-0.05, 0) is 79.6 Å². The van der Waals surface area contributed by atoms with Crippen LogP contribution in [0.4, 0.5) is 4.79 Å². The van der Waals surface area contributed by atoms with E-state index in [2.05, 4.69) is 77.1 Å². The summed E-state index contributed by atoms with van der Waals surface area (Å²) in [4.78, 5) is 27.4. The van der Waals surface area contributed by atoms with Gasteiger partial charge in [-0.2, -0.15) is 0 Å². The number of carbonyl (C=O) groups is 2. The lowest BCUT2D eigenvalue weighted by molar-refractivity contribution is -0.109. The highest BCUT2D eigenvalue weighted by molar-refractivity contribution is 5.85. The molecule has 47 heavy (non-hydrogen) atoms. The van der Waals surface area contributed by atoms with Crippen molar-refractivity contribution in [3.05, 3.63) is 138 Å². The fraction of sp³-hybridized carbons (Fsp3) is 0.333. The Hall–Kier alpha value is -4.17. The molecule has 248 valence electrons. The number of hydrogen-bond donors (Lipinski definition) is 1. The molecule has 7 nitrogen and oxygen atoms in total. The third-order valence-corrected chi connectivity index (χ3v) is 9.15. The Morgan fingerprint density at radius 3 is 2.04 bits per heavy atom. The molecule has 4 aromatic carbocycles. The summed E-state index contributed by atoms with van der Waals surface area (Å²) >= 11 is 0. The average molecular weight is 656 g/mol. The topological polar surface area (TPSA) is 71.1 Å². The fourth-order valence-corrected chi connectivity index (χ4v) is 6.64. The van der Waals surface area contributed by atoms with Crippen LogP contribution in [0.25, 0.3) is 0 Å². The first kappa shape index (κ1) is 35.7. The molecule has 0 atom stereocenters. The van der Waals surface area contributed by atoms with Gasteiger partial charge in [0.2, 0.25) is 0 Å². The first-order valence-electron chi connectivity index (χ1n) is 16.2. The molecule has 0 unspecified atom stereocenters. The number of likely N-dealkylation sites (tertiary alicyclic amines) is 1. The van der Waals surface area contributed by atoms with E-state index in [1.807, 2.05) is 48.5 Å². The van der Waals surface area contributed by atoms with Crippen LogP contribution in [0.3, 0.4) is 0 Å². The molecule has 0 saturated carbocycles. The van der Waals surface area contributed by atoms with Gasteiger partial charge in [0, 0.05) is 12.0 Å². The molecule has 1 aliphatic heterocycles. The summed E-state index contributed by atoms with van der Waals surface area (Å²) in [6.07, 6.45) is 4.18. The first-order chi connectivity index (χ1) is 22.6. The second-order valence-corrected chi connectivity index (χ2v) is 11.9. The van der Waals surface area contributed by atoms with E-state index in [9.17, 15) is 9.59 Å². The Kier molecular flexibility index (Phi) is 13.8. The lowest BCUT2D eigenvalue weighted by Crippen LogP contribution is -2.51. The van der Waals surface area contributed by atoms with E-state index < -0.39 is 11.5 Å².